The molecule has 110 valence electrons. The van der Waals surface area contributed by atoms with E-state index in [2.05, 4.69) is 6.58 Å². The van der Waals surface area contributed by atoms with Crippen LogP contribution in [-0.2, 0) is 10.0 Å². The van der Waals surface area contributed by atoms with Gasteiger partial charge in [-0.2, -0.15) is 4.31 Å². The van der Waals surface area contributed by atoms with Gasteiger partial charge < -0.3 is 0 Å². The van der Waals surface area contributed by atoms with Crippen LogP contribution in [0.4, 0.5) is 4.39 Å². The van der Waals surface area contributed by atoms with Crippen LogP contribution in [0.3, 0.4) is 0 Å². The molecule has 1 fully saturated rings. The van der Waals surface area contributed by atoms with E-state index in [-0.39, 0.29) is 22.5 Å². The fraction of sp³-hybridized carbons (Fsp3) is 0.429. The zero-order chi connectivity index (χ0) is 14.8. The first-order valence-corrected chi connectivity index (χ1v) is 8.36. The Morgan fingerprint density at radius 1 is 1.40 bits per heavy atom. The molecule has 0 aliphatic heterocycles. The third-order valence-corrected chi connectivity index (χ3v) is 5.74. The number of hydrogen-bond donors (Lipinski definition) is 0. The van der Waals surface area contributed by atoms with E-state index in [0.717, 1.165) is 37.8 Å². The van der Waals surface area contributed by atoms with Gasteiger partial charge in [0.1, 0.15) is 5.82 Å². The molecule has 0 atom stereocenters. The predicted molar refractivity (Wildman–Crippen MR) is 77.8 cm³/mol. The summed E-state index contributed by atoms with van der Waals surface area (Å²) >= 11 is 5.68. The Labute approximate surface area is 124 Å². The first kappa shape index (κ1) is 15.5. The van der Waals surface area contributed by atoms with Crippen molar-refractivity contribution in [3.05, 3.63) is 41.7 Å². The van der Waals surface area contributed by atoms with E-state index >= 15 is 0 Å². The van der Waals surface area contributed by atoms with Crippen molar-refractivity contribution in [2.75, 3.05) is 6.54 Å². The van der Waals surface area contributed by atoms with Crippen LogP contribution >= 0.6 is 11.6 Å². The van der Waals surface area contributed by atoms with Gasteiger partial charge in [-0.05, 0) is 31.0 Å². The van der Waals surface area contributed by atoms with Crippen molar-refractivity contribution in [3.63, 3.8) is 0 Å². The van der Waals surface area contributed by atoms with Gasteiger partial charge in [-0.15, -0.1) is 6.58 Å². The third kappa shape index (κ3) is 3.05. The molecule has 0 N–H and O–H groups in total. The van der Waals surface area contributed by atoms with Gasteiger partial charge in [-0.1, -0.05) is 30.5 Å². The summed E-state index contributed by atoms with van der Waals surface area (Å²) in [4.78, 5) is 0.0256. The summed E-state index contributed by atoms with van der Waals surface area (Å²) in [5.74, 6) is -0.623. The molecule has 0 amide bonds. The molecular weight excluding hydrogens is 301 g/mol. The molecule has 1 saturated carbocycles. The van der Waals surface area contributed by atoms with Crippen LogP contribution in [0.1, 0.15) is 25.7 Å². The first-order chi connectivity index (χ1) is 9.46. The molecule has 0 radical (unpaired) electrons. The van der Waals surface area contributed by atoms with Crippen molar-refractivity contribution in [3.8, 4) is 0 Å². The van der Waals surface area contributed by atoms with Crippen LogP contribution in [0, 0.1) is 5.82 Å². The van der Waals surface area contributed by atoms with Crippen molar-refractivity contribution in [2.24, 2.45) is 0 Å². The van der Waals surface area contributed by atoms with Crippen LogP contribution in [0.5, 0.6) is 0 Å². The van der Waals surface area contributed by atoms with Crippen molar-refractivity contribution >= 4 is 21.6 Å². The predicted octanol–water partition coefficient (Wildman–Crippen LogP) is 3.60. The van der Waals surface area contributed by atoms with E-state index in [9.17, 15) is 12.8 Å². The molecule has 2 rings (SSSR count). The largest absolute Gasteiger partial charge is 0.243 e. The standard InChI is InChI=1S/C14H17ClFNO2S/c1-2-9-17(11-5-3-4-6-11)20(18,19)12-7-8-14(16)13(15)10-12/h2,7-8,10-11H,1,3-6,9H2. The number of rotatable bonds is 5. The smallest absolute Gasteiger partial charge is 0.207 e. The Morgan fingerprint density at radius 3 is 2.60 bits per heavy atom. The molecule has 1 aromatic rings. The maximum Gasteiger partial charge on any atom is 0.243 e. The second-order valence-electron chi connectivity index (χ2n) is 4.88. The zero-order valence-corrected chi connectivity index (χ0v) is 12.6. The minimum Gasteiger partial charge on any atom is -0.207 e. The van der Waals surface area contributed by atoms with Crippen LogP contribution in [0.25, 0.3) is 0 Å². The summed E-state index contributed by atoms with van der Waals surface area (Å²) in [6, 6.07) is 3.48. The minimum atomic E-state index is -3.67. The maximum absolute atomic E-state index is 13.2. The first-order valence-electron chi connectivity index (χ1n) is 6.54. The van der Waals surface area contributed by atoms with E-state index in [1.54, 1.807) is 6.08 Å². The Morgan fingerprint density at radius 2 is 2.05 bits per heavy atom. The lowest BCUT2D eigenvalue weighted by atomic mass is 10.2. The van der Waals surface area contributed by atoms with Gasteiger partial charge in [0.05, 0.1) is 9.92 Å². The van der Waals surface area contributed by atoms with Crippen molar-refractivity contribution in [1.29, 1.82) is 0 Å². The molecule has 0 unspecified atom stereocenters. The van der Waals surface area contributed by atoms with E-state index in [0.29, 0.717) is 0 Å². The minimum absolute atomic E-state index is 0.0122. The van der Waals surface area contributed by atoms with Crippen molar-refractivity contribution in [2.45, 2.75) is 36.6 Å². The lowest BCUT2D eigenvalue weighted by molar-refractivity contribution is 0.347. The van der Waals surface area contributed by atoms with Gasteiger partial charge in [-0.25, -0.2) is 12.8 Å². The van der Waals surface area contributed by atoms with Crippen LogP contribution < -0.4 is 0 Å². The Kier molecular flexibility index (Phi) is 4.83. The average Bonchev–Trinajstić information content (AvgIpc) is 2.92. The van der Waals surface area contributed by atoms with Crippen LogP contribution in [-0.4, -0.2) is 25.3 Å². The highest BCUT2D eigenvalue weighted by Crippen LogP contribution is 2.29. The van der Waals surface area contributed by atoms with Gasteiger partial charge in [0.2, 0.25) is 10.0 Å². The van der Waals surface area contributed by atoms with E-state index in [1.165, 1.54) is 10.4 Å². The molecule has 1 aliphatic rings. The quantitative estimate of drug-likeness (QED) is 0.778. The molecule has 0 aromatic heterocycles. The lowest BCUT2D eigenvalue weighted by Crippen LogP contribution is -2.38. The summed E-state index contributed by atoms with van der Waals surface area (Å²) in [5.41, 5.74) is 0. The highest BCUT2D eigenvalue weighted by atomic mass is 35.5. The highest BCUT2D eigenvalue weighted by Gasteiger charge is 2.32. The summed E-state index contributed by atoms with van der Waals surface area (Å²) in [6.07, 6.45) is 5.32. The van der Waals surface area contributed by atoms with Crippen LogP contribution in [0.15, 0.2) is 35.7 Å². The van der Waals surface area contributed by atoms with Gasteiger partial charge in [0.15, 0.2) is 0 Å². The molecule has 0 heterocycles. The Hall–Kier alpha value is -0.910. The molecule has 1 aliphatic carbocycles. The fourth-order valence-electron chi connectivity index (χ4n) is 2.54. The fourth-order valence-corrected chi connectivity index (χ4v) is 4.46. The normalized spacial score (nSPS) is 16.8. The molecular formula is C14H17ClFNO2S. The monoisotopic (exact) mass is 317 g/mol. The average molecular weight is 318 g/mol. The molecule has 0 bridgehead atoms. The van der Waals surface area contributed by atoms with Gasteiger partial charge in [0, 0.05) is 12.6 Å². The summed E-state index contributed by atoms with van der Waals surface area (Å²) in [7, 11) is -3.67. The molecule has 3 nitrogen and oxygen atoms in total. The summed E-state index contributed by atoms with van der Waals surface area (Å²) in [6.45, 7) is 3.87. The number of benzene rings is 1. The summed E-state index contributed by atoms with van der Waals surface area (Å²) < 4.78 is 40.0. The van der Waals surface area contributed by atoms with Crippen molar-refractivity contribution in [1.82, 2.24) is 4.31 Å². The van der Waals surface area contributed by atoms with Gasteiger partial charge in [0.25, 0.3) is 0 Å². The third-order valence-electron chi connectivity index (χ3n) is 3.54. The molecule has 20 heavy (non-hydrogen) atoms. The number of hydrogen-bond acceptors (Lipinski definition) is 2. The van der Waals surface area contributed by atoms with E-state index in [1.807, 2.05) is 0 Å². The Bertz CT molecular complexity index is 597. The van der Waals surface area contributed by atoms with E-state index in [4.69, 9.17) is 11.6 Å². The van der Waals surface area contributed by atoms with Crippen molar-refractivity contribution < 1.29 is 12.8 Å². The topological polar surface area (TPSA) is 37.4 Å². The lowest BCUT2D eigenvalue weighted by Gasteiger charge is -2.27. The number of sulfonamides is 1. The Balaban J connectivity index is 2.38. The SMILES string of the molecule is C=CCN(C1CCCC1)S(=O)(=O)c1ccc(F)c(Cl)c1. The number of halogens is 2. The molecule has 0 saturated heterocycles. The summed E-state index contributed by atoms with van der Waals surface area (Å²) in [5, 5.41) is -0.184. The second kappa shape index (κ2) is 6.24. The van der Waals surface area contributed by atoms with E-state index < -0.39 is 15.8 Å². The van der Waals surface area contributed by atoms with Crippen LogP contribution in [0.2, 0.25) is 5.02 Å². The molecule has 1 aromatic carbocycles. The zero-order valence-electron chi connectivity index (χ0n) is 11.1. The van der Waals surface area contributed by atoms with Gasteiger partial charge >= 0.3 is 0 Å². The van der Waals surface area contributed by atoms with Gasteiger partial charge in [-0.3, -0.25) is 0 Å². The highest BCUT2D eigenvalue weighted by molar-refractivity contribution is 7.89. The number of nitrogens with zero attached hydrogens (tertiary/aromatic N) is 1. The molecule has 6 heteroatoms. The second-order valence-corrected chi connectivity index (χ2v) is 7.18. The molecule has 0 spiro atoms. The maximum atomic E-state index is 13.2.